The zero-order chi connectivity index (χ0) is 19.8. The van der Waals surface area contributed by atoms with Gasteiger partial charge in [-0.1, -0.05) is 62.7 Å². The molecular weight excluding hydrogens is 408 g/mol. The van der Waals surface area contributed by atoms with E-state index in [2.05, 4.69) is 54.9 Å². The average molecular weight is 439 g/mol. The van der Waals surface area contributed by atoms with Gasteiger partial charge in [0.15, 0.2) is 8.32 Å². The highest BCUT2D eigenvalue weighted by atomic mass is 79.9. The number of hydrogen-bond acceptors (Lipinski definition) is 3. The van der Waals surface area contributed by atoms with E-state index in [9.17, 15) is 4.79 Å². The number of carbonyl (C=O) groups excluding carboxylic acids is 1. The number of carbonyl (C=O) groups is 1. The van der Waals surface area contributed by atoms with Gasteiger partial charge in [0.2, 0.25) is 5.91 Å². The first-order valence-electron chi connectivity index (χ1n) is 9.13. The summed E-state index contributed by atoms with van der Waals surface area (Å²) >= 11 is 3.46. The minimum Gasteiger partial charge on any atom is -0.415 e. The van der Waals surface area contributed by atoms with E-state index in [0.717, 1.165) is 15.7 Å². The second kappa shape index (κ2) is 7.56. The van der Waals surface area contributed by atoms with Crippen LogP contribution in [-0.4, -0.2) is 38.1 Å². The molecule has 0 fully saturated rings. The molecule has 0 unspecified atom stereocenters. The van der Waals surface area contributed by atoms with Crippen molar-refractivity contribution < 1.29 is 9.22 Å². The van der Waals surface area contributed by atoms with E-state index >= 15 is 0 Å². The molecule has 1 heterocycles. The van der Waals surface area contributed by atoms with E-state index in [1.54, 1.807) is 5.01 Å². The summed E-state index contributed by atoms with van der Waals surface area (Å²) in [7, 11) is -1.83. The van der Waals surface area contributed by atoms with Crippen molar-refractivity contribution >= 4 is 35.9 Å². The summed E-state index contributed by atoms with van der Waals surface area (Å²) in [6.45, 7) is 16.1. The smallest absolute Gasteiger partial charge is 0.248 e. The summed E-state index contributed by atoms with van der Waals surface area (Å²) in [5.41, 5.74) is 1.56. The minimum atomic E-state index is -1.83. The Bertz CT molecular complexity index is 691. The molecule has 1 aromatic rings. The molecule has 2 rings (SSSR count). The molecule has 0 aliphatic carbocycles. The Labute approximate surface area is 167 Å². The van der Waals surface area contributed by atoms with Crippen LogP contribution in [0.25, 0.3) is 0 Å². The molecule has 1 amide bonds. The molecular formula is C20H31BrN2O2Si. The van der Waals surface area contributed by atoms with Gasteiger partial charge in [0, 0.05) is 10.9 Å². The number of benzene rings is 1. The Morgan fingerprint density at radius 3 is 2.35 bits per heavy atom. The fourth-order valence-electron chi connectivity index (χ4n) is 2.63. The van der Waals surface area contributed by atoms with E-state index in [1.165, 1.54) is 0 Å². The van der Waals surface area contributed by atoms with Crippen LogP contribution in [0.15, 0.2) is 33.8 Å². The monoisotopic (exact) mass is 438 g/mol. The van der Waals surface area contributed by atoms with Gasteiger partial charge in [-0.3, -0.25) is 4.79 Å². The largest absolute Gasteiger partial charge is 0.415 e. The zero-order valence-corrected chi connectivity index (χ0v) is 19.6. The molecule has 0 saturated carbocycles. The van der Waals surface area contributed by atoms with Gasteiger partial charge in [-0.15, -0.1) is 0 Å². The maximum Gasteiger partial charge on any atom is 0.248 e. The zero-order valence-electron chi connectivity index (χ0n) is 17.0. The predicted molar refractivity (Wildman–Crippen MR) is 114 cm³/mol. The van der Waals surface area contributed by atoms with Crippen molar-refractivity contribution in [1.29, 1.82) is 0 Å². The maximum atomic E-state index is 12.8. The van der Waals surface area contributed by atoms with Gasteiger partial charge in [-0.05, 0) is 35.8 Å². The van der Waals surface area contributed by atoms with Gasteiger partial charge < -0.3 is 4.43 Å². The van der Waals surface area contributed by atoms with Crippen molar-refractivity contribution in [2.24, 2.45) is 10.5 Å². The molecule has 6 heteroatoms. The van der Waals surface area contributed by atoms with Crippen LogP contribution < -0.4 is 0 Å². The minimum absolute atomic E-state index is 0.0668. The molecule has 0 saturated heterocycles. The highest BCUT2D eigenvalue weighted by Crippen LogP contribution is 2.36. The van der Waals surface area contributed by atoms with Crippen molar-refractivity contribution in [1.82, 2.24) is 5.01 Å². The van der Waals surface area contributed by atoms with Gasteiger partial charge in [0.25, 0.3) is 0 Å². The Morgan fingerprint density at radius 2 is 1.81 bits per heavy atom. The summed E-state index contributed by atoms with van der Waals surface area (Å²) in [4.78, 5) is 12.8. The molecule has 144 valence electrons. The second-order valence-corrected chi connectivity index (χ2v) is 14.9. The summed E-state index contributed by atoms with van der Waals surface area (Å²) < 4.78 is 7.27. The summed E-state index contributed by atoms with van der Waals surface area (Å²) in [6.07, 6.45) is 0.646. The Kier molecular flexibility index (Phi) is 6.20. The second-order valence-electron chi connectivity index (χ2n) is 9.15. The first-order valence-corrected chi connectivity index (χ1v) is 12.8. The van der Waals surface area contributed by atoms with Gasteiger partial charge in [0.05, 0.1) is 24.3 Å². The Balaban J connectivity index is 2.16. The van der Waals surface area contributed by atoms with Crippen LogP contribution in [0.3, 0.4) is 0 Å². The topological polar surface area (TPSA) is 41.9 Å². The molecule has 1 aromatic carbocycles. The predicted octanol–water partition coefficient (Wildman–Crippen LogP) is 5.43. The van der Waals surface area contributed by atoms with Crippen LogP contribution in [0.1, 0.15) is 46.6 Å². The first kappa shape index (κ1) is 21.3. The summed E-state index contributed by atoms with van der Waals surface area (Å²) in [5.74, 6) is 0.0668. The quantitative estimate of drug-likeness (QED) is 0.574. The molecule has 1 aliphatic heterocycles. The fraction of sp³-hybridized carbons (Fsp3) is 0.600. The Morgan fingerprint density at radius 1 is 1.23 bits per heavy atom. The molecule has 26 heavy (non-hydrogen) atoms. The lowest BCUT2D eigenvalue weighted by atomic mass is 9.83. The molecule has 0 bridgehead atoms. The number of halogens is 1. The number of amides is 1. The van der Waals surface area contributed by atoms with Crippen molar-refractivity contribution in [3.05, 3.63) is 34.3 Å². The SMILES string of the molecule is CC1(C)CC(c2ccc(Br)cc2)=NN(CCO[Si](C)(C)C(C)(C)C)C1=O. The lowest BCUT2D eigenvalue weighted by molar-refractivity contribution is -0.141. The van der Waals surface area contributed by atoms with E-state index in [4.69, 9.17) is 4.43 Å². The van der Waals surface area contributed by atoms with Crippen LogP contribution in [0.2, 0.25) is 18.1 Å². The third kappa shape index (κ3) is 4.84. The van der Waals surface area contributed by atoms with E-state index in [1.807, 2.05) is 38.1 Å². The van der Waals surface area contributed by atoms with Crippen molar-refractivity contribution in [3.63, 3.8) is 0 Å². The third-order valence-corrected chi connectivity index (χ3v) is 10.5. The van der Waals surface area contributed by atoms with E-state index in [-0.39, 0.29) is 10.9 Å². The van der Waals surface area contributed by atoms with Crippen LogP contribution in [-0.2, 0) is 9.22 Å². The van der Waals surface area contributed by atoms with Crippen molar-refractivity contribution in [3.8, 4) is 0 Å². The fourth-order valence-corrected chi connectivity index (χ4v) is 3.93. The summed E-state index contributed by atoms with van der Waals surface area (Å²) in [5, 5.41) is 6.42. The number of rotatable bonds is 5. The number of hydrogen-bond donors (Lipinski definition) is 0. The highest BCUT2D eigenvalue weighted by Gasteiger charge is 2.39. The molecule has 0 atom stereocenters. The standard InChI is InChI=1S/C20H31BrN2O2Si/c1-19(2,3)26(6,7)25-13-12-23-18(24)20(4,5)14-17(22-23)15-8-10-16(21)11-9-15/h8-11H,12-14H2,1-7H3. The molecule has 4 nitrogen and oxygen atoms in total. The van der Waals surface area contributed by atoms with E-state index in [0.29, 0.717) is 19.6 Å². The summed E-state index contributed by atoms with van der Waals surface area (Å²) in [6, 6.07) is 8.09. The van der Waals surface area contributed by atoms with Crippen LogP contribution in [0.4, 0.5) is 0 Å². The van der Waals surface area contributed by atoms with Crippen LogP contribution >= 0.6 is 15.9 Å². The molecule has 0 aromatic heterocycles. The van der Waals surface area contributed by atoms with Crippen molar-refractivity contribution in [2.45, 2.75) is 59.2 Å². The van der Waals surface area contributed by atoms with Gasteiger partial charge in [-0.25, -0.2) is 5.01 Å². The maximum absolute atomic E-state index is 12.8. The normalized spacial score (nSPS) is 18.1. The van der Waals surface area contributed by atoms with Crippen molar-refractivity contribution in [2.75, 3.05) is 13.2 Å². The molecule has 1 aliphatic rings. The third-order valence-electron chi connectivity index (χ3n) is 5.41. The van der Waals surface area contributed by atoms with Gasteiger partial charge in [-0.2, -0.15) is 5.10 Å². The molecule has 0 spiro atoms. The lowest BCUT2D eigenvalue weighted by Crippen LogP contribution is -2.47. The Hall–Kier alpha value is -0.983. The van der Waals surface area contributed by atoms with Crippen LogP contribution in [0, 0.1) is 5.41 Å². The first-order chi connectivity index (χ1) is 11.8. The molecule has 0 N–H and O–H groups in total. The van der Waals surface area contributed by atoms with E-state index < -0.39 is 13.7 Å². The molecule has 0 radical (unpaired) electrons. The van der Waals surface area contributed by atoms with Gasteiger partial charge in [0.1, 0.15) is 0 Å². The average Bonchev–Trinajstić information content (AvgIpc) is 2.50. The van der Waals surface area contributed by atoms with Gasteiger partial charge >= 0.3 is 0 Å². The number of hydrazone groups is 1. The highest BCUT2D eigenvalue weighted by molar-refractivity contribution is 9.10. The number of nitrogens with zero attached hydrogens (tertiary/aromatic N) is 2. The van der Waals surface area contributed by atoms with Crippen LogP contribution in [0.5, 0.6) is 0 Å². The lowest BCUT2D eigenvalue weighted by Gasteiger charge is -2.38.